The summed E-state index contributed by atoms with van der Waals surface area (Å²) < 4.78 is 5.88. The normalized spacial score (nSPS) is 11.0. The Balaban J connectivity index is 2.33. The molecule has 1 heterocycles. The molecule has 5 heteroatoms. The summed E-state index contributed by atoms with van der Waals surface area (Å²) >= 11 is 7.10. The summed E-state index contributed by atoms with van der Waals surface area (Å²) in [5.74, 6) is 0.107. The van der Waals surface area contributed by atoms with E-state index in [1.54, 1.807) is 12.1 Å². The molecule has 0 atom stereocenters. The molecule has 0 aliphatic rings. The van der Waals surface area contributed by atoms with Crippen LogP contribution in [-0.2, 0) is 4.74 Å². The van der Waals surface area contributed by atoms with Gasteiger partial charge in [0.05, 0.1) is 22.4 Å². The second-order valence-electron chi connectivity index (χ2n) is 3.46. The maximum atomic E-state index is 11.8. The van der Waals surface area contributed by atoms with Crippen LogP contribution < -0.4 is 0 Å². The smallest absolute Gasteiger partial charge is 0.186 e. The van der Waals surface area contributed by atoms with Crippen molar-refractivity contribution in [1.82, 2.24) is 4.90 Å². The number of carbonyl (C=O) groups excluding carboxylic acids is 1. The number of hydrogen-bond acceptors (Lipinski definition) is 4. The first-order valence-corrected chi connectivity index (χ1v) is 6.37. The summed E-state index contributed by atoms with van der Waals surface area (Å²) in [6, 6.07) is 3.52. The maximum absolute atomic E-state index is 11.8. The number of halogens is 1. The third-order valence-corrected chi connectivity index (χ3v) is 3.36. The van der Waals surface area contributed by atoms with Crippen LogP contribution >= 0.6 is 22.9 Å². The zero-order valence-corrected chi connectivity index (χ0v) is 11.1. The van der Waals surface area contributed by atoms with Gasteiger partial charge in [-0.1, -0.05) is 11.6 Å². The Hall–Kier alpha value is -0.420. The minimum atomic E-state index is 0.107. The number of ether oxygens (including phenoxy) is 1. The van der Waals surface area contributed by atoms with Crippen LogP contribution in [0.15, 0.2) is 12.1 Å². The summed E-state index contributed by atoms with van der Waals surface area (Å²) in [6.45, 7) is 4.50. The van der Waals surface area contributed by atoms with Crippen LogP contribution in [0.5, 0.6) is 0 Å². The number of nitrogens with zero attached hydrogens (tertiary/aromatic N) is 1. The fraction of sp³-hybridized carbons (Fsp3) is 0.545. The van der Waals surface area contributed by atoms with E-state index in [0.717, 1.165) is 6.54 Å². The maximum Gasteiger partial charge on any atom is 0.186 e. The third kappa shape index (κ3) is 4.61. The van der Waals surface area contributed by atoms with Gasteiger partial charge in [0.2, 0.25) is 0 Å². The molecule has 0 unspecified atom stereocenters. The van der Waals surface area contributed by atoms with Crippen LogP contribution in [0, 0.1) is 0 Å². The SMILES string of the molecule is CCOCCN(C)CC(=O)c1ccc(Cl)s1. The van der Waals surface area contributed by atoms with E-state index in [-0.39, 0.29) is 5.78 Å². The summed E-state index contributed by atoms with van der Waals surface area (Å²) in [5, 5.41) is 0. The van der Waals surface area contributed by atoms with Crippen molar-refractivity contribution in [3.05, 3.63) is 21.3 Å². The summed E-state index contributed by atoms with van der Waals surface area (Å²) in [7, 11) is 1.91. The molecule has 0 spiro atoms. The van der Waals surface area contributed by atoms with Gasteiger partial charge in [0.1, 0.15) is 0 Å². The van der Waals surface area contributed by atoms with Crippen molar-refractivity contribution in [3.63, 3.8) is 0 Å². The number of rotatable bonds is 7. The molecule has 0 aliphatic heterocycles. The number of hydrogen-bond donors (Lipinski definition) is 0. The number of ketones is 1. The van der Waals surface area contributed by atoms with E-state index < -0.39 is 0 Å². The molecule has 0 saturated carbocycles. The molecule has 16 heavy (non-hydrogen) atoms. The van der Waals surface area contributed by atoms with E-state index in [4.69, 9.17) is 16.3 Å². The third-order valence-electron chi connectivity index (χ3n) is 2.08. The number of Topliss-reactive ketones (excluding diaryl/α,β-unsaturated/α-hetero) is 1. The van der Waals surface area contributed by atoms with E-state index >= 15 is 0 Å². The summed E-state index contributed by atoms with van der Waals surface area (Å²) in [4.78, 5) is 14.4. The van der Waals surface area contributed by atoms with Crippen LogP contribution in [0.4, 0.5) is 0 Å². The molecule has 0 bridgehead atoms. The Kier molecular flexibility index (Phi) is 5.98. The molecule has 0 aliphatic carbocycles. The van der Waals surface area contributed by atoms with Crippen LogP contribution in [0.25, 0.3) is 0 Å². The number of likely N-dealkylation sites (N-methyl/N-ethyl adjacent to an activating group) is 1. The van der Waals surface area contributed by atoms with Crippen molar-refractivity contribution in [3.8, 4) is 0 Å². The lowest BCUT2D eigenvalue weighted by molar-refractivity contribution is 0.0900. The monoisotopic (exact) mass is 261 g/mol. The molecule has 0 N–H and O–H groups in total. The Morgan fingerprint density at radius 3 is 2.88 bits per heavy atom. The topological polar surface area (TPSA) is 29.5 Å². The minimum absolute atomic E-state index is 0.107. The zero-order valence-electron chi connectivity index (χ0n) is 9.53. The van der Waals surface area contributed by atoms with Gasteiger partial charge in [0.15, 0.2) is 5.78 Å². The van der Waals surface area contributed by atoms with E-state index in [2.05, 4.69) is 0 Å². The van der Waals surface area contributed by atoms with E-state index in [1.807, 2.05) is 18.9 Å². The molecule has 0 amide bonds. The first kappa shape index (κ1) is 13.6. The van der Waals surface area contributed by atoms with E-state index in [1.165, 1.54) is 11.3 Å². The van der Waals surface area contributed by atoms with Crippen LogP contribution in [0.3, 0.4) is 0 Å². The molecule has 3 nitrogen and oxygen atoms in total. The predicted molar refractivity (Wildman–Crippen MR) is 67.6 cm³/mol. The highest BCUT2D eigenvalue weighted by Gasteiger charge is 2.11. The zero-order chi connectivity index (χ0) is 12.0. The van der Waals surface area contributed by atoms with Crippen molar-refractivity contribution < 1.29 is 9.53 Å². The van der Waals surface area contributed by atoms with Gasteiger partial charge in [-0.2, -0.15) is 0 Å². The van der Waals surface area contributed by atoms with E-state index in [0.29, 0.717) is 29.0 Å². The highest BCUT2D eigenvalue weighted by Crippen LogP contribution is 2.21. The van der Waals surface area contributed by atoms with Gasteiger partial charge in [-0.25, -0.2) is 0 Å². The lowest BCUT2D eigenvalue weighted by Gasteiger charge is -2.14. The van der Waals surface area contributed by atoms with Crippen LogP contribution in [0.1, 0.15) is 16.6 Å². The average molecular weight is 262 g/mol. The Bertz CT molecular complexity index is 340. The Morgan fingerprint density at radius 1 is 1.56 bits per heavy atom. The highest BCUT2D eigenvalue weighted by atomic mass is 35.5. The fourth-order valence-electron chi connectivity index (χ4n) is 1.23. The highest BCUT2D eigenvalue weighted by molar-refractivity contribution is 7.18. The van der Waals surface area contributed by atoms with Gasteiger partial charge in [0.25, 0.3) is 0 Å². The molecular formula is C11H16ClNO2S. The first-order chi connectivity index (χ1) is 7.63. The minimum Gasteiger partial charge on any atom is -0.380 e. The quantitative estimate of drug-likeness (QED) is 0.558. The molecular weight excluding hydrogens is 246 g/mol. The predicted octanol–water partition coefficient (Wildman–Crippen LogP) is 2.55. The van der Waals surface area contributed by atoms with Gasteiger partial charge < -0.3 is 4.74 Å². The molecule has 0 aromatic carbocycles. The van der Waals surface area contributed by atoms with Crippen molar-refractivity contribution in [2.45, 2.75) is 6.92 Å². The largest absolute Gasteiger partial charge is 0.380 e. The van der Waals surface area contributed by atoms with Crippen molar-refractivity contribution in [2.24, 2.45) is 0 Å². The Labute approximate surface area is 105 Å². The summed E-state index contributed by atoms with van der Waals surface area (Å²) in [6.07, 6.45) is 0. The summed E-state index contributed by atoms with van der Waals surface area (Å²) in [5.41, 5.74) is 0. The molecule has 0 fully saturated rings. The molecule has 1 aromatic heterocycles. The Morgan fingerprint density at radius 2 is 2.31 bits per heavy atom. The molecule has 0 saturated heterocycles. The molecule has 90 valence electrons. The first-order valence-electron chi connectivity index (χ1n) is 5.18. The van der Waals surface area contributed by atoms with Crippen molar-refractivity contribution in [1.29, 1.82) is 0 Å². The molecule has 1 aromatic rings. The van der Waals surface area contributed by atoms with Crippen LogP contribution in [0.2, 0.25) is 4.34 Å². The number of thiophene rings is 1. The van der Waals surface area contributed by atoms with Gasteiger partial charge in [-0.3, -0.25) is 9.69 Å². The van der Waals surface area contributed by atoms with Gasteiger partial charge in [0, 0.05) is 13.2 Å². The van der Waals surface area contributed by atoms with Gasteiger partial charge in [-0.05, 0) is 26.1 Å². The standard InChI is InChI=1S/C11H16ClNO2S/c1-3-15-7-6-13(2)8-9(14)10-4-5-11(12)16-10/h4-5H,3,6-8H2,1-2H3. The number of carbonyl (C=O) groups is 1. The second-order valence-corrected chi connectivity index (χ2v) is 5.18. The van der Waals surface area contributed by atoms with Gasteiger partial charge in [-0.15, -0.1) is 11.3 Å². The van der Waals surface area contributed by atoms with Crippen molar-refractivity contribution in [2.75, 3.05) is 33.4 Å². The van der Waals surface area contributed by atoms with Crippen LogP contribution in [-0.4, -0.2) is 44.0 Å². The van der Waals surface area contributed by atoms with Crippen molar-refractivity contribution >= 4 is 28.7 Å². The van der Waals surface area contributed by atoms with Gasteiger partial charge >= 0.3 is 0 Å². The molecule has 1 rings (SSSR count). The lowest BCUT2D eigenvalue weighted by atomic mass is 10.3. The lowest BCUT2D eigenvalue weighted by Crippen LogP contribution is -2.29. The second kappa shape index (κ2) is 7.01. The molecule has 0 radical (unpaired) electrons. The fourth-order valence-corrected chi connectivity index (χ4v) is 2.20. The average Bonchev–Trinajstić information content (AvgIpc) is 2.65. The van der Waals surface area contributed by atoms with E-state index in [9.17, 15) is 4.79 Å².